The van der Waals surface area contributed by atoms with Gasteiger partial charge in [-0.1, -0.05) is 42.5 Å². The molecule has 0 spiro atoms. The first-order chi connectivity index (χ1) is 11.4. The minimum atomic E-state index is 0.627. The smallest absolute Gasteiger partial charge is 0.119 e. The van der Waals surface area contributed by atoms with Gasteiger partial charge in [0.15, 0.2) is 0 Å². The van der Waals surface area contributed by atoms with Gasteiger partial charge >= 0.3 is 0 Å². The molecule has 1 saturated heterocycles. The zero-order valence-corrected chi connectivity index (χ0v) is 13.4. The standard InChI is InChI=1S/C20H24N2O/c1-2-4-15(5-3-1)14-23-18-8-6-16(7-9-18)19-12-20(19)22-17-10-11-21-13-17/h1-9,17,19-22H,10-14H2/t17?,19-,20+/m1/s1. The molecule has 1 unspecified atom stereocenters. The number of ether oxygens (including phenoxy) is 1. The number of hydrogen-bond donors (Lipinski definition) is 2. The second-order valence-corrected chi connectivity index (χ2v) is 6.65. The van der Waals surface area contributed by atoms with Gasteiger partial charge in [-0.15, -0.1) is 0 Å². The Morgan fingerprint density at radius 3 is 2.61 bits per heavy atom. The predicted molar refractivity (Wildman–Crippen MR) is 92.8 cm³/mol. The second-order valence-electron chi connectivity index (χ2n) is 6.65. The molecule has 0 amide bonds. The zero-order chi connectivity index (χ0) is 15.5. The van der Waals surface area contributed by atoms with Crippen LogP contribution in [-0.4, -0.2) is 25.2 Å². The summed E-state index contributed by atoms with van der Waals surface area (Å²) in [5.74, 6) is 1.63. The summed E-state index contributed by atoms with van der Waals surface area (Å²) in [6.07, 6.45) is 2.52. The Balaban J connectivity index is 1.28. The van der Waals surface area contributed by atoms with Crippen LogP contribution in [0.4, 0.5) is 0 Å². The first kappa shape index (κ1) is 14.7. The lowest BCUT2D eigenvalue weighted by Gasteiger charge is -2.11. The van der Waals surface area contributed by atoms with E-state index in [1.54, 1.807) is 0 Å². The molecule has 120 valence electrons. The van der Waals surface area contributed by atoms with E-state index in [0.717, 1.165) is 18.8 Å². The quantitative estimate of drug-likeness (QED) is 0.860. The molecule has 3 nitrogen and oxygen atoms in total. The lowest BCUT2D eigenvalue weighted by atomic mass is 10.1. The van der Waals surface area contributed by atoms with Crippen LogP contribution in [-0.2, 0) is 6.61 Å². The monoisotopic (exact) mass is 308 g/mol. The molecule has 3 atom stereocenters. The largest absolute Gasteiger partial charge is 0.489 e. The summed E-state index contributed by atoms with van der Waals surface area (Å²) in [7, 11) is 0. The fraction of sp³-hybridized carbons (Fsp3) is 0.400. The van der Waals surface area contributed by atoms with Gasteiger partial charge in [-0.05, 0) is 42.6 Å². The van der Waals surface area contributed by atoms with Crippen LogP contribution in [0.2, 0.25) is 0 Å². The summed E-state index contributed by atoms with van der Waals surface area (Å²) in [4.78, 5) is 0. The molecule has 1 aliphatic carbocycles. The molecule has 1 aliphatic heterocycles. The predicted octanol–water partition coefficient (Wildman–Crippen LogP) is 3.07. The Bertz CT molecular complexity index is 620. The van der Waals surface area contributed by atoms with E-state index in [4.69, 9.17) is 4.74 Å². The van der Waals surface area contributed by atoms with E-state index >= 15 is 0 Å². The summed E-state index contributed by atoms with van der Waals surface area (Å²) < 4.78 is 5.86. The average molecular weight is 308 g/mol. The minimum absolute atomic E-state index is 0.627. The first-order valence-electron chi connectivity index (χ1n) is 8.62. The van der Waals surface area contributed by atoms with Crippen molar-refractivity contribution in [3.63, 3.8) is 0 Å². The van der Waals surface area contributed by atoms with E-state index in [1.165, 1.54) is 24.0 Å². The van der Waals surface area contributed by atoms with Gasteiger partial charge in [-0.3, -0.25) is 0 Å². The van der Waals surface area contributed by atoms with E-state index in [-0.39, 0.29) is 0 Å². The summed E-state index contributed by atoms with van der Waals surface area (Å²) in [6.45, 7) is 2.90. The molecule has 0 radical (unpaired) electrons. The molecule has 23 heavy (non-hydrogen) atoms. The van der Waals surface area contributed by atoms with Crippen molar-refractivity contribution < 1.29 is 4.74 Å². The molecule has 4 rings (SSSR count). The van der Waals surface area contributed by atoms with E-state index in [1.807, 2.05) is 18.2 Å². The highest BCUT2D eigenvalue weighted by atomic mass is 16.5. The summed E-state index contributed by atoms with van der Waals surface area (Å²) >= 11 is 0. The number of benzene rings is 2. The third-order valence-electron chi connectivity index (χ3n) is 4.86. The van der Waals surface area contributed by atoms with E-state index < -0.39 is 0 Å². The topological polar surface area (TPSA) is 33.3 Å². The Morgan fingerprint density at radius 2 is 1.87 bits per heavy atom. The van der Waals surface area contributed by atoms with Crippen LogP contribution < -0.4 is 15.4 Å². The number of rotatable bonds is 6. The normalized spacial score (nSPS) is 26.2. The van der Waals surface area contributed by atoms with Crippen molar-refractivity contribution in [2.75, 3.05) is 13.1 Å². The molecule has 2 aliphatic rings. The molecule has 2 aromatic carbocycles. The Morgan fingerprint density at radius 1 is 1.04 bits per heavy atom. The molecule has 1 saturated carbocycles. The summed E-state index contributed by atoms with van der Waals surface area (Å²) in [6, 6.07) is 20.3. The number of nitrogens with one attached hydrogen (secondary N) is 2. The number of hydrogen-bond acceptors (Lipinski definition) is 3. The second kappa shape index (κ2) is 6.73. The summed E-state index contributed by atoms with van der Waals surface area (Å²) in [5.41, 5.74) is 2.63. The Kier molecular flexibility index (Phi) is 4.31. The molecule has 2 N–H and O–H groups in total. The van der Waals surface area contributed by atoms with Gasteiger partial charge in [-0.2, -0.15) is 0 Å². The maximum absolute atomic E-state index is 5.86. The van der Waals surface area contributed by atoms with Crippen LogP contribution >= 0.6 is 0 Å². The van der Waals surface area contributed by atoms with Gasteiger partial charge < -0.3 is 15.4 Å². The highest BCUT2D eigenvalue weighted by Gasteiger charge is 2.39. The van der Waals surface area contributed by atoms with Gasteiger partial charge in [-0.25, -0.2) is 0 Å². The van der Waals surface area contributed by atoms with Crippen LogP contribution in [0.25, 0.3) is 0 Å². The molecule has 0 aromatic heterocycles. The zero-order valence-electron chi connectivity index (χ0n) is 13.4. The molecule has 3 heteroatoms. The van der Waals surface area contributed by atoms with Crippen molar-refractivity contribution in [2.24, 2.45) is 0 Å². The van der Waals surface area contributed by atoms with Crippen LogP contribution in [0.15, 0.2) is 54.6 Å². The van der Waals surface area contributed by atoms with Gasteiger partial charge in [0.05, 0.1) is 0 Å². The van der Waals surface area contributed by atoms with Gasteiger partial charge in [0.25, 0.3) is 0 Å². The van der Waals surface area contributed by atoms with Gasteiger partial charge in [0.1, 0.15) is 12.4 Å². The van der Waals surface area contributed by atoms with Crippen molar-refractivity contribution in [2.45, 2.75) is 37.5 Å². The molecule has 2 aromatic rings. The molecular weight excluding hydrogens is 284 g/mol. The van der Waals surface area contributed by atoms with E-state index in [9.17, 15) is 0 Å². The van der Waals surface area contributed by atoms with Crippen molar-refractivity contribution in [1.82, 2.24) is 10.6 Å². The molecule has 0 bridgehead atoms. The van der Waals surface area contributed by atoms with Crippen molar-refractivity contribution >= 4 is 0 Å². The third-order valence-corrected chi connectivity index (χ3v) is 4.86. The molecular formula is C20H24N2O. The van der Waals surface area contributed by atoms with Gasteiger partial charge in [0.2, 0.25) is 0 Å². The third kappa shape index (κ3) is 3.74. The fourth-order valence-corrected chi connectivity index (χ4v) is 3.40. The van der Waals surface area contributed by atoms with Crippen LogP contribution in [0.1, 0.15) is 29.9 Å². The Labute approximate surface area is 138 Å². The van der Waals surface area contributed by atoms with Crippen molar-refractivity contribution in [3.8, 4) is 5.75 Å². The van der Waals surface area contributed by atoms with Crippen LogP contribution in [0.5, 0.6) is 5.75 Å². The van der Waals surface area contributed by atoms with Crippen molar-refractivity contribution in [3.05, 3.63) is 65.7 Å². The lowest BCUT2D eigenvalue weighted by molar-refractivity contribution is 0.306. The van der Waals surface area contributed by atoms with Crippen LogP contribution in [0, 0.1) is 0 Å². The highest BCUT2D eigenvalue weighted by Crippen LogP contribution is 2.41. The van der Waals surface area contributed by atoms with E-state index in [0.29, 0.717) is 24.6 Å². The average Bonchev–Trinajstić information content (AvgIpc) is 3.17. The lowest BCUT2D eigenvalue weighted by Crippen LogP contribution is -2.33. The molecule has 2 fully saturated rings. The SMILES string of the molecule is c1ccc(COc2ccc([C@H]3C[C@@H]3NC3CCNC3)cc2)cc1. The minimum Gasteiger partial charge on any atom is -0.489 e. The van der Waals surface area contributed by atoms with Crippen molar-refractivity contribution in [1.29, 1.82) is 0 Å². The maximum atomic E-state index is 5.86. The molecule has 1 heterocycles. The maximum Gasteiger partial charge on any atom is 0.119 e. The van der Waals surface area contributed by atoms with E-state index in [2.05, 4.69) is 47.0 Å². The summed E-state index contributed by atoms with van der Waals surface area (Å²) in [5, 5.41) is 7.18. The first-order valence-corrected chi connectivity index (χ1v) is 8.62. The van der Waals surface area contributed by atoms with Crippen LogP contribution in [0.3, 0.4) is 0 Å². The van der Waals surface area contributed by atoms with Gasteiger partial charge in [0, 0.05) is 24.5 Å². The fourth-order valence-electron chi connectivity index (χ4n) is 3.40. The highest BCUT2D eigenvalue weighted by molar-refractivity contribution is 5.34. The Hall–Kier alpha value is -1.84.